The Morgan fingerprint density at radius 2 is 2.16 bits per heavy atom. The van der Waals surface area contributed by atoms with Crippen LogP contribution in [0, 0.1) is 6.92 Å². The fraction of sp³-hybridized carbons (Fsp3) is 0.143. The molecule has 2 N–H and O–H groups in total. The molecule has 1 heterocycles. The number of hydrogen-bond donors (Lipinski definition) is 2. The second-order valence-corrected chi connectivity index (χ2v) is 4.03. The minimum atomic E-state index is -0.385. The number of methoxy groups -OCH3 is 1. The maximum absolute atomic E-state index is 12.1. The van der Waals surface area contributed by atoms with E-state index in [0.29, 0.717) is 11.3 Å². The van der Waals surface area contributed by atoms with Gasteiger partial charge in [0.15, 0.2) is 0 Å². The van der Waals surface area contributed by atoms with E-state index in [1.807, 2.05) is 6.92 Å². The smallest absolute Gasteiger partial charge is 0.261 e. The molecule has 0 fully saturated rings. The number of aromatic nitrogens is 1. The van der Waals surface area contributed by atoms with Gasteiger partial charge in [-0.3, -0.25) is 4.79 Å². The van der Waals surface area contributed by atoms with E-state index in [2.05, 4.69) is 10.3 Å². The third-order valence-electron chi connectivity index (χ3n) is 2.61. The molecule has 2 rings (SSSR count). The van der Waals surface area contributed by atoms with Gasteiger partial charge < -0.3 is 15.2 Å². The number of phenolic OH excluding ortho intramolecular Hbond substituents is 1. The van der Waals surface area contributed by atoms with Crippen LogP contribution in [0.2, 0.25) is 0 Å². The maximum atomic E-state index is 12.1. The van der Waals surface area contributed by atoms with Crippen LogP contribution in [0.25, 0.3) is 0 Å². The Kier molecular flexibility index (Phi) is 3.66. The molecule has 0 unspecified atom stereocenters. The predicted molar refractivity (Wildman–Crippen MR) is 71.6 cm³/mol. The lowest BCUT2D eigenvalue weighted by Crippen LogP contribution is -2.13. The molecule has 5 heteroatoms. The number of benzene rings is 1. The molecule has 0 aliphatic carbocycles. The summed E-state index contributed by atoms with van der Waals surface area (Å²) in [5.41, 5.74) is 1.57. The molecule has 0 saturated carbocycles. The van der Waals surface area contributed by atoms with Crippen molar-refractivity contribution in [3.05, 3.63) is 47.7 Å². The van der Waals surface area contributed by atoms with Crippen LogP contribution in [0.15, 0.2) is 36.5 Å². The molecule has 2 aromatic rings. The van der Waals surface area contributed by atoms with Crippen molar-refractivity contribution in [2.75, 3.05) is 12.4 Å². The predicted octanol–water partition coefficient (Wildman–Crippen LogP) is 2.36. The Balaban J connectivity index is 2.26. The second kappa shape index (κ2) is 5.39. The zero-order valence-electron chi connectivity index (χ0n) is 10.7. The number of phenols is 1. The first-order valence-electron chi connectivity index (χ1n) is 5.72. The normalized spacial score (nSPS) is 10.0. The molecule has 0 saturated heterocycles. The van der Waals surface area contributed by atoms with Crippen LogP contribution in [-0.2, 0) is 0 Å². The molecular formula is C14H14N2O3. The Hall–Kier alpha value is -2.56. The van der Waals surface area contributed by atoms with Gasteiger partial charge in [-0.15, -0.1) is 0 Å². The number of anilines is 1. The standard InChI is InChI=1S/C14H14N2O3/c1-9-5-6-11(12(17)8-9)16-13(18)10-4-3-7-15-14(10)19-2/h3-8,17H,1-2H3,(H,16,18). The minimum Gasteiger partial charge on any atom is -0.506 e. The highest BCUT2D eigenvalue weighted by atomic mass is 16.5. The highest BCUT2D eigenvalue weighted by Gasteiger charge is 2.14. The summed E-state index contributed by atoms with van der Waals surface area (Å²) >= 11 is 0. The quantitative estimate of drug-likeness (QED) is 0.829. The van der Waals surface area contributed by atoms with Gasteiger partial charge in [0.1, 0.15) is 11.3 Å². The Labute approximate surface area is 110 Å². The minimum absolute atomic E-state index is 0.0243. The topological polar surface area (TPSA) is 71.5 Å². The van der Waals surface area contributed by atoms with E-state index in [-0.39, 0.29) is 17.5 Å². The van der Waals surface area contributed by atoms with Crippen LogP contribution in [0.4, 0.5) is 5.69 Å². The summed E-state index contributed by atoms with van der Waals surface area (Å²) in [5.74, 6) is -0.119. The number of rotatable bonds is 3. The first kappa shape index (κ1) is 12.9. The molecule has 19 heavy (non-hydrogen) atoms. The van der Waals surface area contributed by atoms with Gasteiger partial charge in [-0.25, -0.2) is 4.98 Å². The second-order valence-electron chi connectivity index (χ2n) is 4.03. The molecule has 1 amide bonds. The number of aryl methyl sites for hydroxylation is 1. The lowest BCUT2D eigenvalue weighted by molar-refractivity contribution is 0.102. The molecule has 1 aromatic heterocycles. The molecule has 1 aromatic carbocycles. The fourth-order valence-electron chi connectivity index (χ4n) is 1.66. The van der Waals surface area contributed by atoms with Crippen molar-refractivity contribution < 1.29 is 14.6 Å². The van der Waals surface area contributed by atoms with Gasteiger partial charge in [-0.05, 0) is 36.8 Å². The Morgan fingerprint density at radius 1 is 1.37 bits per heavy atom. The summed E-state index contributed by atoms with van der Waals surface area (Å²) in [6.45, 7) is 1.86. The maximum Gasteiger partial charge on any atom is 0.261 e. The van der Waals surface area contributed by atoms with Crippen molar-refractivity contribution >= 4 is 11.6 Å². The largest absolute Gasteiger partial charge is 0.506 e. The van der Waals surface area contributed by atoms with Crippen molar-refractivity contribution in [2.24, 2.45) is 0 Å². The van der Waals surface area contributed by atoms with E-state index in [4.69, 9.17) is 4.74 Å². The van der Waals surface area contributed by atoms with Crippen molar-refractivity contribution in [1.29, 1.82) is 0 Å². The zero-order chi connectivity index (χ0) is 13.8. The van der Waals surface area contributed by atoms with Gasteiger partial charge >= 0.3 is 0 Å². The SMILES string of the molecule is COc1ncccc1C(=O)Nc1ccc(C)cc1O. The third kappa shape index (κ3) is 2.82. The molecule has 0 radical (unpaired) electrons. The van der Waals surface area contributed by atoms with Crippen LogP contribution in [-0.4, -0.2) is 23.1 Å². The first-order valence-corrected chi connectivity index (χ1v) is 5.72. The highest BCUT2D eigenvalue weighted by molar-refractivity contribution is 6.06. The molecule has 0 bridgehead atoms. The van der Waals surface area contributed by atoms with E-state index < -0.39 is 0 Å². The van der Waals surface area contributed by atoms with E-state index in [1.165, 1.54) is 7.11 Å². The van der Waals surface area contributed by atoms with Gasteiger partial charge in [0.2, 0.25) is 5.88 Å². The highest BCUT2D eigenvalue weighted by Crippen LogP contribution is 2.25. The van der Waals surface area contributed by atoms with Gasteiger partial charge in [-0.1, -0.05) is 6.07 Å². The Morgan fingerprint density at radius 3 is 2.84 bits per heavy atom. The molecule has 98 valence electrons. The number of ether oxygens (including phenoxy) is 1. The van der Waals surface area contributed by atoms with E-state index in [0.717, 1.165) is 5.56 Å². The first-order chi connectivity index (χ1) is 9.11. The number of nitrogens with zero attached hydrogens (tertiary/aromatic N) is 1. The molecule has 0 spiro atoms. The number of carbonyl (C=O) groups is 1. The molecular weight excluding hydrogens is 244 g/mol. The summed E-state index contributed by atoms with van der Waals surface area (Å²) in [7, 11) is 1.45. The van der Waals surface area contributed by atoms with Crippen molar-refractivity contribution in [1.82, 2.24) is 4.98 Å². The third-order valence-corrected chi connectivity index (χ3v) is 2.61. The number of pyridine rings is 1. The summed E-state index contributed by atoms with van der Waals surface area (Å²) < 4.78 is 5.02. The van der Waals surface area contributed by atoms with E-state index in [1.54, 1.807) is 36.5 Å². The van der Waals surface area contributed by atoms with Crippen LogP contribution in [0.5, 0.6) is 11.6 Å². The average molecular weight is 258 g/mol. The van der Waals surface area contributed by atoms with Crippen molar-refractivity contribution in [3.8, 4) is 11.6 Å². The average Bonchev–Trinajstić information content (AvgIpc) is 2.41. The van der Waals surface area contributed by atoms with Gasteiger partial charge in [0, 0.05) is 6.20 Å². The van der Waals surface area contributed by atoms with Crippen LogP contribution in [0.3, 0.4) is 0 Å². The van der Waals surface area contributed by atoms with Crippen molar-refractivity contribution in [2.45, 2.75) is 6.92 Å². The summed E-state index contributed by atoms with van der Waals surface area (Å²) in [6.07, 6.45) is 1.54. The fourth-order valence-corrected chi connectivity index (χ4v) is 1.66. The van der Waals surface area contributed by atoms with E-state index >= 15 is 0 Å². The molecule has 5 nitrogen and oxygen atoms in total. The Bertz CT molecular complexity index is 611. The number of aromatic hydroxyl groups is 1. The van der Waals surface area contributed by atoms with Crippen molar-refractivity contribution in [3.63, 3.8) is 0 Å². The lowest BCUT2D eigenvalue weighted by Gasteiger charge is -2.09. The lowest BCUT2D eigenvalue weighted by atomic mass is 10.2. The summed E-state index contributed by atoms with van der Waals surface area (Å²) in [6, 6.07) is 8.27. The summed E-state index contributed by atoms with van der Waals surface area (Å²) in [4.78, 5) is 16.0. The van der Waals surface area contributed by atoms with Crippen LogP contribution >= 0.6 is 0 Å². The number of nitrogens with one attached hydrogen (secondary N) is 1. The van der Waals surface area contributed by atoms with E-state index in [9.17, 15) is 9.90 Å². The number of carbonyl (C=O) groups excluding carboxylic acids is 1. The number of hydrogen-bond acceptors (Lipinski definition) is 4. The summed E-state index contributed by atoms with van der Waals surface area (Å²) in [5, 5.41) is 12.4. The van der Waals surface area contributed by atoms with Gasteiger partial charge in [0.25, 0.3) is 5.91 Å². The number of amides is 1. The molecule has 0 aliphatic rings. The monoisotopic (exact) mass is 258 g/mol. The van der Waals surface area contributed by atoms with Crippen LogP contribution in [0.1, 0.15) is 15.9 Å². The molecule has 0 aliphatic heterocycles. The zero-order valence-corrected chi connectivity index (χ0v) is 10.7. The van der Waals surface area contributed by atoms with Gasteiger partial charge in [0.05, 0.1) is 12.8 Å². The molecule has 0 atom stereocenters. The van der Waals surface area contributed by atoms with Crippen LogP contribution < -0.4 is 10.1 Å². The van der Waals surface area contributed by atoms with Gasteiger partial charge in [-0.2, -0.15) is 0 Å².